The second-order valence-electron chi connectivity index (χ2n) is 18.9. The zero-order chi connectivity index (χ0) is 49.4. The van der Waals surface area contributed by atoms with Crippen molar-refractivity contribution in [1.82, 2.24) is 0 Å². The van der Waals surface area contributed by atoms with Crippen LogP contribution in [0.2, 0.25) is 0 Å². The number of phenolic OH excluding ortho intramolecular Hbond substituents is 1. The van der Waals surface area contributed by atoms with Crippen LogP contribution in [0.1, 0.15) is 107 Å². The fraction of sp³-hybridized carbons (Fsp3) is 0.696. The van der Waals surface area contributed by atoms with Gasteiger partial charge in [-0.3, -0.25) is 19.2 Å². The van der Waals surface area contributed by atoms with Gasteiger partial charge in [-0.1, -0.05) is 0 Å². The number of Topliss-reactive ketones (excluding diaryl/α,β-unsaturated/α-hetero) is 1. The van der Waals surface area contributed by atoms with Crippen LogP contribution >= 0.6 is 0 Å². The number of carbonyl (C=O) groups is 4. The van der Waals surface area contributed by atoms with Crippen LogP contribution in [0, 0.1) is 6.92 Å². The van der Waals surface area contributed by atoms with E-state index >= 15 is 0 Å². The first-order valence-electron chi connectivity index (χ1n) is 22.4. The number of aliphatic hydroxyl groups excluding tert-OH is 1. The number of aliphatic hydroxyl groups is 3. The van der Waals surface area contributed by atoms with E-state index in [9.17, 15) is 39.6 Å². The van der Waals surface area contributed by atoms with Gasteiger partial charge in [0.05, 0.1) is 43.0 Å². The third kappa shape index (κ3) is 6.89. The fourth-order valence-corrected chi connectivity index (χ4v) is 11.6. The number of esters is 3. The second-order valence-corrected chi connectivity index (χ2v) is 18.9. The Labute approximate surface area is 390 Å². The third-order valence-corrected chi connectivity index (χ3v) is 14.5. The number of hydrogen-bond donors (Lipinski definition) is 4. The molecule has 9 rings (SSSR count). The molecule has 0 amide bonds. The van der Waals surface area contributed by atoms with Gasteiger partial charge in [0.15, 0.2) is 36.2 Å². The third-order valence-electron chi connectivity index (χ3n) is 14.5. The molecule has 1 aliphatic carbocycles. The van der Waals surface area contributed by atoms with Crippen molar-refractivity contribution < 1.29 is 106 Å². The van der Waals surface area contributed by atoms with Gasteiger partial charge in [0.1, 0.15) is 47.3 Å². The lowest BCUT2D eigenvalue weighted by molar-refractivity contribution is -0.390. The number of carbonyl (C=O) groups excluding carboxylic acids is 4. The number of rotatable bonds is 12. The van der Waals surface area contributed by atoms with Crippen molar-refractivity contribution in [2.45, 2.75) is 177 Å². The molecule has 1 spiro atoms. The second kappa shape index (κ2) is 16.7. The lowest BCUT2D eigenvalue weighted by Gasteiger charge is -2.53. The molecule has 0 saturated carbocycles. The average Bonchev–Trinajstić information content (AvgIpc) is 3.92. The van der Waals surface area contributed by atoms with Gasteiger partial charge < -0.3 is 86.7 Å². The molecular formula is C46H58O22. The van der Waals surface area contributed by atoms with Crippen LogP contribution in [0.3, 0.4) is 0 Å². The lowest BCUT2D eigenvalue weighted by Crippen LogP contribution is -2.72. The zero-order valence-electron chi connectivity index (χ0n) is 39.5. The molecule has 2 aromatic rings. The molecule has 22 nitrogen and oxygen atoms in total. The van der Waals surface area contributed by atoms with Crippen molar-refractivity contribution in [1.29, 1.82) is 0 Å². The minimum atomic E-state index is -2.08. The summed E-state index contributed by atoms with van der Waals surface area (Å²) in [7, 11) is 4.13. The van der Waals surface area contributed by atoms with Crippen molar-refractivity contribution in [3.8, 4) is 17.2 Å². The standard InChI is InChI=1S/C46H58O22/c1-17-12-24-31(35(52)33-32(36(24)55-9)26(13-25(50)34(33)51)64-29-15-42(8,53)39(18(2)59-29)63-23(7)49)37-30(17)38-40-45(66-37,43(16-58-43)46(67-38,68-40)41(56-10)57-11)65-28-14-27(62-22(6)48)44(54,20(4)61-28)19(3)60-21(5)47/h12,18-20,25-29,38-41,50,52-54H,13-16H2,1-11H3/t18?,19-,20?,25+,26+,27?,28?,29?,38?,39?,40?,42?,43+,44?,45-,46?/m1/s1. The largest absolute Gasteiger partial charge is 0.506 e. The number of hydrogen-bond acceptors (Lipinski definition) is 22. The molecule has 22 heteroatoms. The fourth-order valence-electron chi connectivity index (χ4n) is 11.6. The van der Waals surface area contributed by atoms with Gasteiger partial charge in [-0.25, -0.2) is 0 Å². The van der Waals surface area contributed by atoms with Crippen molar-refractivity contribution in [2.24, 2.45) is 0 Å². The topological polar surface area (TPSA) is 282 Å². The molecule has 7 aliphatic rings. The highest BCUT2D eigenvalue weighted by Gasteiger charge is 2.94. The normalized spacial score (nSPS) is 40.4. The number of epoxide rings is 1. The summed E-state index contributed by atoms with van der Waals surface area (Å²) in [4.78, 5) is 50.7. The molecule has 6 aliphatic heterocycles. The Morgan fingerprint density at radius 3 is 2.19 bits per heavy atom. The Hall–Kier alpha value is -4.30. The number of aryl methyl sites for hydroxylation is 1. The Morgan fingerprint density at radius 2 is 1.60 bits per heavy atom. The maximum atomic E-state index is 14.2. The van der Waals surface area contributed by atoms with Gasteiger partial charge in [-0.15, -0.1) is 0 Å². The van der Waals surface area contributed by atoms with Gasteiger partial charge in [0.2, 0.25) is 11.9 Å². The first-order valence-corrected chi connectivity index (χ1v) is 22.4. The maximum Gasteiger partial charge on any atom is 0.303 e. The molecule has 16 atom stereocenters. The van der Waals surface area contributed by atoms with E-state index in [4.69, 9.17) is 66.3 Å². The number of ether oxygens (including phenoxy) is 14. The molecule has 6 heterocycles. The first kappa shape index (κ1) is 48.7. The molecular weight excluding hydrogens is 904 g/mol. The van der Waals surface area contributed by atoms with Gasteiger partial charge in [0, 0.05) is 70.8 Å². The number of phenols is 1. The summed E-state index contributed by atoms with van der Waals surface area (Å²) >= 11 is 0. The minimum Gasteiger partial charge on any atom is -0.506 e. The number of fused-ring (bicyclic) bond motifs is 8. The van der Waals surface area contributed by atoms with Crippen LogP contribution in [-0.2, 0) is 71.2 Å². The van der Waals surface area contributed by atoms with Gasteiger partial charge in [-0.2, -0.15) is 0 Å². The SMILES string of the molecule is COc1c2c(c(O)c3c4c(c(C)cc13)C1OC3(C(OC)OC)OC1[C@@](OC1CC(OC(C)=O)C(O)([C@@H](C)OC(C)=O)C(C)O1)(O4)[C@@]31CO1)C(=O)[C@@H](O)C[C@@H]2OC1CC(C)(O)C(OC(C)=O)C(C)O1. The number of methoxy groups -OCH3 is 3. The first-order chi connectivity index (χ1) is 31.9. The molecule has 0 radical (unpaired) electrons. The minimum absolute atomic E-state index is 0.0390. The Bertz CT molecular complexity index is 2410. The van der Waals surface area contributed by atoms with E-state index < -0.39 is 132 Å². The van der Waals surface area contributed by atoms with E-state index in [1.807, 2.05) is 0 Å². The van der Waals surface area contributed by atoms with Crippen molar-refractivity contribution >= 4 is 34.5 Å². The molecule has 2 bridgehead atoms. The summed E-state index contributed by atoms with van der Waals surface area (Å²) in [5.41, 5.74) is -4.69. The van der Waals surface area contributed by atoms with Crippen LogP contribution in [-0.4, -0.2) is 162 Å². The van der Waals surface area contributed by atoms with Crippen LogP contribution in [0.4, 0.5) is 0 Å². The summed E-state index contributed by atoms with van der Waals surface area (Å²) in [6.07, 6.45) is -15.3. The van der Waals surface area contributed by atoms with Gasteiger partial charge in [0.25, 0.3) is 11.6 Å². The Kier molecular flexibility index (Phi) is 11.9. The monoisotopic (exact) mass is 962 g/mol. The van der Waals surface area contributed by atoms with Crippen molar-refractivity contribution in [3.63, 3.8) is 0 Å². The van der Waals surface area contributed by atoms with E-state index in [1.54, 1.807) is 19.9 Å². The van der Waals surface area contributed by atoms with Crippen molar-refractivity contribution in [2.75, 3.05) is 27.9 Å². The number of aromatic hydroxyl groups is 1. The quantitative estimate of drug-likeness (QED) is 0.103. The highest BCUT2D eigenvalue weighted by molar-refractivity contribution is 6.13. The average molecular weight is 963 g/mol. The molecule has 4 N–H and O–H groups in total. The summed E-state index contributed by atoms with van der Waals surface area (Å²) in [5.74, 6) is -7.41. The predicted octanol–water partition coefficient (Wildman–Crippen LogP) is 2.09. The molecule has 5 fully saturated rings. The smallest absolute Gasteiger partial charge is 0.303 e. The van der Waals surface area contributed by atoms with E-state index in [1.165, 1.54) is 55.9 Å². The molecule has 0 aromatic heterocycles. The molecule has 374 valence electrons. The predicted molar refractivity (Wildman–Crippen MR) is 224 cm³/mol. The highest BCUT2D eigenvalue weighted by atomic mass is 16.9. The summed E-state index contributed by atoms with van der Waals surface area (Å²) < 4.78 is 86.9. The van der Waals surface area contributed by atoms with Crippen LogP contribution < -0.4 is 9.47 Å². The zero-order valence-corrected chi connectivity index (χ0v) is 39.5. The van der Waals surface area contributed by atoms with Crippen LogP contribution in [0.25, 0.3) is 10.8 Å². The van der Waals surface area contributed by atoms with E-state index in [0.717, 1.165) is 6.92 Å². The maximum absolute atomic E-state index is 14.2. The summed E-state index contributed by atoms with van der Waals surface area (Å²) in [6, 6.07) is 1.71. The Morgan fingerprint density at radius 1 is 0.926 bits per heavy atom. The van der Waals surface area contributed by atoms with Crippen LogP contribution in [0.15, 0.2) is 6.07 Å². The summed E-state index contributed by atoms with van der Waals surface area (Å²) in [6.45, 7) is 11.2. The molecule has 68 heavy (non-hydrogen) atoms. The molecule has 11 unspecified atom stereocenters. The number of ketones is 1. The van der Waals surface area contributed by atoms with Crippen molar-refractivity contribution in [3.05, 3.63) is 28.3 Å². The Balaban J connectivity index is 1.17. The number of benzene rings is 2. The van der Waals surface area contributed by atoms with Gasteiger partial charge in [-0.05, 0) is 46.2 Å². The van der Waals surface area contributed by atoms with E-state index in [0.29, 0.717) is 11.1 Å². The van der Waals surface area contributed by atoms with E-state index in [2.05, 4.69) is 0 Å². The molecule has 2 aromatic carbocycles. The van der Waals surface area contributed by atoms with Gasteiger partial charge >= 0.3 is 17.9 Å². The van der Waals surface area contributed by atoms with Crippen LogP contribution in [0.5, 0.6) is 17.2 Å². The van der Waals surface area contributed by atoms with E-state index in [-0.39, 0.29) is 59.3 Å². The highest BCUT2D eigenvalue weighted by Crippen LogP contribution is 2.72. The summed E-state index contributed by atoms with van der Waals surface area (Å²) in [5, 5.41) is 47.6. The lowest BCUT2D eigenvalue weighted by atomic mass is 9.77. The molecule has 5 saturated heterocycles.